The predicted octanol–water partition coefficient (Wildman–Crippen LogP) is 5.47. The molecule has 3 aromatic carbocycles. The highest BCUT2D eigenvalue weighted by atomic mass is 35.5. The van der Waals surface area contributed by atoms with E-state index in [0.717, 1.165) is 5.56 Å². The second-order valence-electron chi connectivity index (χ2n) is 5.44. The van der Waals surface area contributed by atoms with E-state index < -0.39 is 0 Å². The van der Waals surface area contributed by atoms with E-state index >= 15 is 0 Å². The molecule has 0 fully saturated rings. The summed E-state index contributed by atoms with van der Waals surface area (Å²) >= 11 is 12.0. The number of anilines is 1. The quantitative estimate of drug-likeness (QED) is 0.355. The molecule has 130 valence electrons. The van der Waals surface area contributed by atoms with E-state index in [-0.39, 0.29) is 10.9 Å². The number of oxime groups is 1. The van der Waals surface area contributed by atoms with Crippen LogP contribution >= 0.6 is 23.2 Å². The van der Waals surface area contributed by atoms with Gasteiger partial charge in [0.15, 0.2) is 0 Å². The van der Waals surface area contributed by atoms with Crippen LogP contribution in [-0.2, 0) is 0 Å². The van der Waals surface area contributed by atoms with Gasteiger partial charge in [0.25, 0.3) is 5.91 Å². The number of carbonyl (C=O) groups is 1. The molecule has 0 aliphatic rings. The number of nitrogens with one attached hydrogen (secondary N) is 1. The highest BCUT2D eigenvalue weighted by Gasteiger charge is 2.16. The molecule has 26 heavy (non-hydrogen) atoms. The summed E-state index contributed by atoms with van der Waals surface area (Å²) in [6.45, 7) is 0. The Morgan fingerprint density at radius 2 is 1.58 bits per heavy atom. The molecule has 0 unspecified atom stereocenters. The Hall–Kier alpha value is -2.82. The lowest BCUT2D eigenvalue weighted by molar-refractivity contribution is 0.102. The van der Waals surface area contributed by atoms with Crippen LogP contribution in [0, 0.1) is 0 Å². The average Bonchev–Trinajstić information content (AvgIpc) is 2.64. The van der Waals surface area contributed by atoms with Crippen molar-refractivity contribution < 1.29 is 10.0 Å². The minimum Gasteiger partial charge on any atom is -0.410 e. The maximum absolute atomic E-state index is 12.6. The van der Waals surface area contributed by atoms with E-state index in [9.17, 15) is 10.0 Å². The summed E-state index contributed by atoms with van der Waals surface area (Å²) in [5.74, 6) is -0.385. The number of rotatable bonds is 4. The largest absolute Gasteiger partial charge is 0.410 e. The summed E-state index contributed by atoms with van der Waals surface area (Å²) in [4.78, 5) is 12.6. The van der Waals surface area contributed by atoms with Gasteiger partial charge >= 0.3 is 0 Å². The maximum Gasteiger partial charge on any atom is 0.257 e. The van der Waals surface area contributed by atoms with Gasteiger partial charge in [-0.2, -0.15) is 0 Å². The Bertz CT molecular complexity index is 973. The molecule has 6 heteroatoms. The monoisotopic (exact) mass is 384 g/mol. The van der Waals surface area contributed by atoms with E-state index in [1.165, 1.54) is 6.07 Å². The number of carbonyl (C=O) groups excluding carboxylic acids is 1. The van der Waals surface area contributed by atoms with Gasteiger partial charge < -0.3 is 10.5 Å². The van der Waals surface area contributed by atoms with Crippen LogP contribution in [0.5, 0.6) is 0 Å². The van der Waals surface area contributed by atoms with Crippen LogP contribution in [-0.4, -0.2) is 16.8 Å². The molecule has 0 bridgehead atoms. The first-order valence-electron chi connectivity index (χ1n) is 7.73. The highest BCUT2D eigenvalue weighted by molar-refractivity contribution is 6.37. The van der Waals surface area contributed by atoms with Crippen molar-refractivity contribution in [3.05, 3.63) is 99.5 Å². The van der Waals surface area contributed by atoms with Crippen LogP contribution in [0.3, 0.4) is 0 Å². The van der Waals surface area contributed by atoms with Crippen molar-refractivity contribution in [1.29, 1.82) is 0 Å². The van der Waals surface area contributed by atoms with Crippen LogP contribution in [0.4, 0.5) is 5.69 Å². The molecule has 0 spiro atoms. The van der Waals surface area contributed by atoms with Gasteiger partial charge in [-0.3, -0.25) is 4.79 Å². The van der Waals surface area contributed by atoms with Gasteiger partial charge in [0, 0.05) is 16.1 Å². The Morgan fingerprint density at radius 1 is 0.885 bits per heavy atom. The third kappa shape index (κ3) is 3.87. The van der Waals surface area contributed by atoms with Crippen LogP contribution in [0.1, 0.15) is 21.5 Å². The topological polar surface area (TPSA) is 61.7 Å². The lowest BCUT2D eigenvalue weighted by Gasteiger charge is -2.13. The molecule has 3 aromatic rings. The fourth-order valence-corrected chi connectivity index (χ4v) is 3.02. The lowest BCUT2D eigenvalue weighted by Crippen LogP contribution is -2.16. The molecule has 0 saturated carbocycles. The Balaban J connectivity index is 1.96. The van der Waals surface area contributed by atoms with Crippen molar-refractivity contribution in [2.24, 2.45) is 5.16 Å². The normalized spacial score (nSPS) is 11.2. The first-order chi connectivity index (χ1) is 12.6. The first kappa shape index (κ1) is 18.0. The molecular formula is C20H14Cl2N2O2. The zero-order valence-corrected chi connectivity index (χ0v) is 15.0. The zero-order chi connectivity index (χ0) is 18.5. The molecule has 1 amide bonds. The van der Waals surface area contributed by atoms with Crippen LogP contribution in [0.15, 0.2) is 78.0 Å². The van der Waals surface area contributed by atoms with E-state index in [2.05, 4.69) is 10.5 Å². The minimum absolute atomic E-state index is 0.256. The number of benzene rings is 3. The van der Waals surface area contributed by atoms with Crippen molar-refractivity contribution >= 4 is 40.5 Å². The smallest absolute Gasteiger partial charge is 0.257 e. The minimum atomic E-state index is -0.385. The summed E-state index contributed by atoms with van der Waals surface area (Å²) in [5.41, 5.74) is 2.46. The second-order valence-corrected chi connectivity index (χ2v) is 6.28. The second kappa shape index (κ2) is 8.04. The van der Waals surface area contributed by atoms with E-state index in [1.54, 1.807) is 36.4 Å². The molecule has 3 rings (SSSR count). The number of halogens is 2. The fraction of sp³-hybridized carbons (Fsp3) is 0. The molecule has 0 aliphatic heterocycles. The Morgan fingerprint density at radius 3 is 2.27 bits per heavy atom. The molecular weight excluding hydrogens is 371 g/mol. The molecule has 4 nitrogen and oxygen atoms in total. The lowest BCUT2D eigenvalue weighted by atomic mass is 10.0. The van der Waals surface area contributed by atoms with Crippen molar-refractivity contribution in [3.8, 4) is 0 Å². The highest BCUT2D eigenvalue weighted by Crippen LogP contribution is 2.24. The van der Waals surface area contributed by atoms with Crippen molar-refractivity contribution in [2.45, 2.75) is 0 Å². The molecule has 0 atom stereocenters. The summed E-state index contributed by atoms with van der Waals surface area (Å²) in [7, 11) is 0. The van der Waals surface area contributed by atoms with Crippen LogP contribution < -0.4 is 5.32 Å². The third-order valence-corrected chi connectivity index (χ3v) is 4.30. The number of amides is 1. The molecule has 0 saturated heterocycles. The van der Waals surface area contributed by atoms with Gasteiger partial charge in [-0.05, 0) is 24.3 Å². The van der Waals surface area contributed by atoms with Crippen molar-refractivity contribution in [1.82, 2.24) is 0 Å². The SMILES string of the molecule is O=C(Nc1ccccc1C(=NO)c1ccccc1)c1ccc(Cl)cc1Cl. The molecule has 2 N–H and O–H groups in total. The number of nitrogens with zero attached hydrogens (tertiary/aromatic N) is 1. The zero-order valence-electron chi connectivity index (χ0n) is 13.5. The van der Waals surface area contributed by atoms with E-state index in [4.69, 9.17) is 23.2 Å². The summed E-state index contributed by atoms with van der Waals surface area (Å²) < 4.78 is 0. The fourth-order valence-electron chi connectivity index (χ4n) is 2.53. The molecule has 0 radical (unpaired) electrons. The van der Waals surface area contributed by atoms with Gasteiger partial charge in [0.05, 0.1) is 16.3 Å². The standard InChI is InChI=1S/C20H14Cl2N2O2/c21-14-10-11-15(17(22)12-14)20(25)23-18-9-5-4-8-16(18)19(24-26)13-6-2-1-3-7-13/h1-12,26H,(H,23,25). The van der Waals surface area contributed by atoms with Crippen LogP contribution in [0.25, 0.3) is 0 Å². The summed E-state index contributed by atoms with van der Waals surface area (Å²) in [5, 5.41) is 16.5. The van der Waals surface area contributed by atoms with Gasteiger partial charge in [-0.25, -0.2) is 0 Å². The van der Waals surface area contributed by atoms with Gasteiger partial charge in [0.2, 0.25) is 0 Å². The van der Waals surface area contributed by atoms with E-state index in [0.29, 0.717) is 27.5 Å². The summed E-state index contributed by atoms with van der Waals surface area (Å²) in [6.07, 6.45) is 0. The van der Waals surface area contributed by atoms with Crippen LogP contribution in [0.2, 0.25) is 10.0 Å². The van der Waals surface area contributed by atoms with E-state index in [1.807, 2.05) is 30.3 Å². The van der Waals surface area contributed by atoms with Gasteiger partial charge in [-0.1, -0.05) is 76.9 Å². The summed E-state index contributed by atoms with van der Waals surface area (Å²) in [6, 6.07) is 20.9. The molecule has 0 aliphatic carbocycles. The third-order valence-electron chi connectivity index (χ3n) is 3.75. The maximum atomic E-state index is 12.6. The van der Waals surface area contributed by atoms with Crippen molar-refractivity contribution in [2.75, 3.05) is 5.32 Å². The number of hydrogen-bond acceptors (Lipinski definition) is 3. The molecule has 0 aromatic heterocycles. The number of para-hydroxylation sites is 1. The van der Waals surface area contributed by atoms with Gasteiger partial charge in [0.1, 0.15) is 5.71 Å². The Labute approximate surface area is 160 Å². The predicted molar refractivity (Wildman–Crippen MR) is 105 cm³/mol. The average molecular weight is 385 g/mol. The number of hydrogen-bond donors (Lipinski definition) is 2. The Kier molecular flexibility index (Phi) is 5.56. The first-order valence-corrected chi connectivity index (χ1v) is 8.49. The van der Waals surface area contributed by atoms with Gasteiger partial charge in [-0.15, -0.1) is 0 Å². The van der Waals surface area contributed by atoms with Crippen molar-refractivity contribution in [3.63, 3.8) is 0 Å². The molecule has 0 heterocycles.